The van der Waals surface area contributed by atoms with Gasteiger partial charge in [-0.2, -0.15) is 0 Å². The number of carbonyl (C=O) groups is 2. The van der Waals surface area contributed by atoms with Crippen LogP contribution in [0.25, 0.3) is 10.4 Å². The number of hydrogen-bond donors (Lipinski definition) is 1. The van der Waals surface area contributed by atoms with Crippen molar-refractivity contribution in [3.8, 4) is 10.4 Å². The number of fused-ring (bicyclic) bond motifs is 2. The minimum Gasteiger partial charge on any atom is -0.462 e. The molecule has 0 saturated heterocycles. The molecule has 2 heterocycles. The summed E-state index contributed by atoms with van der Waals surface area (Å²) >= 11 is 2.96. The molecular formula is C19H19NO3S2. The predicted octanol–water partition coefficient (Wildman–Crippen LogP) is 4.80. The minimum atomic E-state index is -0.379. The van der Waals surface area contributed by atoms with Gasteiger partial charge in [0.05, 0.1) is 6.61 Å². The van der Waals surface area contributed by atoms with Crippen LogP contribution in [-0.4, -0.2) is 18.5 Å². The van der Waals surface area contributed by atoms with Gasteiger partial charge >= 0.3 is 5.97 Å². The average molecular weight is 373 g/mol. The van der Waals surface area contributed by atoms with Gasteiger partial charge in [0, 0.05) is 21.7 Å². The molecule has 3 atom stereocenters. The Balaban J connectivity index is 1.61. The van der Waals surface area contributed by atoms with Crippen molar-refractivity contribution in [1.29, 1.82) is 0 Å². The molecule has 130 valence electrons. The van der Waals surface area contributed by atoms with Crippen molar-refractivity contribution in [2.45, 2.75) is 19.8 Å². The van der Waals surface area contributed by atoms with Crippen LogP contribution in [0.3, 0.4) is 0 Å². The number of amides is 1. The van der Waals surface area contributed by atoms with Gasteiger partial charge in [-0.15, -0.1) is 22.7 Å². The quantitative estimate of drug-likeness (QED) is 0.605. The van der Waals surface area contributed by atoms with Crippen molar-refractivity contribution in [3.05, 3.63) is 40.6 Å². The summed E-state index contributed by atoms with van der Waals surface area (Å²) in [6, 6.07) is 3.92. The molecule has 0 aliphatic heterocycles. The van der Waals surface area contributed by atoms with Crippen LogP contribution in [0.15, 0.2) is 35.0 Å². The maximum absolute atomic E-state index is 12.7. The van der Waals surface area contributed by atoms with E-state index in [0.717, 1.165) is 23.3 Å². The first-order valence-electron chi connectivity index (χ1n) is 8.49. The molecule has 4 nitrogen and oxygen atoms in total. The predicted molar refractivity (Wildman–Crippen MR) is 101 cm³/mol. The smallest absolute Gasteiger partial charge is 0.341 e. The standard InChI is InChI=1S/C19H19NO3S2/c1-2-23-19(22)16-14(15-4-3-7-24-15)10-25-18(16)20-17(21)13-9-11-5-6-12(13)8-11/h3-7,10-13H,2,8-9H2,1H3,(H,20,21)/t11-,12-,13+/m0/s1. The zero-order valence-corrected chi connectivity index (χ0v) is 15.5. The lowest BCUT2D eigenvalue weighted by molar-refractivity contribution is -0.120. The fourth-order valence-electron chi connectivity index (χ4n) is 3.76. The van der Waals surface area contributed by atoms with Gasteiger partial charge in [0.25, 0.3) is 0 Å². The molecule has 6 heteroatoms. The number of anilines is 1. The molecule has 4 rings (SSSR count). The Morgan fingerprint density at radius 3 is 2.80 bits per heavy atom. The maximum atomic E-state index is 12.7. The Bertz CT molecular complexity index is 822. The topological polar surface area (TPSA) is 55.4 Å². The van der Waals surface area contributed by atoms with E-state index in [4.69, 9.17) is 4.74 Å². The van der Waals surface area contributed by atoms with E-state index in [1.165, 1.54) is 11.3 Å². The molecule has 2 bridgehead atoms. The number of allylic oxidation sites excluding steroid dienone is 2. The molecule has 2 aromatic heterocycles. The molecule has 2 aromatic rings. The van der Waals surface area contributed by atoms with E-state index < -0.39 is 0 Å². The van der Waals surface area contributed by atoms with E-state index in [2.05, 4.69) is 17.5 Å². The molecule has 0 unspecified atom stereocenters. The van der Waals surface area contributed by atoms with Gasteiger partial charge < -0.3 is 10.1 Å². The summed E-state index contributed by atoms with van der Waals surface area (Å²) in [5.74, 6) is 0.526. The van der Waals surface area contributed by atoms with Crippen molar-refractivity contribution in [2.75, 3.05) is 11.9 Å². The highest BCUT2D eigenvalue weighted by Crippen LogP contribution is 2.45. The Hall–Kier alpha value is -1.92. The van der Waals surface area contributed by atoms with Crippen LogP contribution >= 0.6 is 22.7 Å². The van der Waals surface area contributed by atoms with Gasteiger partial charge in [-0.05, 0) is 43.0 Å². The lowest BCUT2D eigenvalue weighted by Gasteiger charge is -2.17. The van der Waals surface area contributed by atoms with Crippen LogP contribution in [-0.2, 0) is 9.53 Å². The first-order valence-corrected chi connectivity index (χ1v) is 10.2. The van der Waals surface area contributed by atoms with E-state index >= 15 is 0 Å². The van der Waals surface area contributed by atoms with Crippen molar-refractivity contribution >= 4 is 39.6 Å². The summed E-state index contributed by atoms with van der Waals surface area (Å²) < 4.78 is 5.23. The number of hydrogen-bond acceptors (Lipinski definition) is 5. The van der Waals surface area contributed by atoms with Crippen molar-refractivity contribution < 1.29 is 14.3 Å². The van der Waals surface area contributed by atoms with E-state index in [1.807, 2.05) is 22.9 Å². The number of thiophene rings is 2. The molecule has 0 spiro atoms. The second kappa shape index (κ2) is 6.77. The second-order valence-corrected chi connectivity index (χ2v) is 8.25. The van der Waals surface area contributed by atoms with Gasteiger partial charge in [0.1, 0.15) is 10.6 Å². The molecule has 0 aromatic carbocycles. The van der Waals surface area contributed by atoms with E-state index in [1.54, 1.807) is 18.3 Å². The van der Waals surface area contributed by atoms with Crippen LogP contribution in [0, 0.1) is 17.8 Å². The highest BCUT2D eigenvalue weighted by atomic mass is 32.1. The fourth-order valence-corrected chi connectivity index (χ4v) is 5.53. The Morgan fingerprint density at radius 1 is 1.28 bits per heavy atom. The molecule has 1 saturated carbocycles. The van der Waals surface area contributed by atoms with Gasteiger partial charge in [-0.25, -0.2) is 4.79 Å². The summed E-state index contributed by atoms with van der Waals surface area (Å²) in [5, 5.41) is 7.50. The van der Waals surface area contributed by atoms with E-state index in [-0.39, 0.29) is 17.8 Å². The number of ether oxygens (including phenoxy) is 1. The fraction of sp³-hybridized carbons (Fsp3) is 0.368. The summed E-state index contributed by atoms with van der Waals surface area (Å²) in [4.78, 5) is 26.2. The molecular weight excluding hydrogens is 354 g/mol. The normalized spacial score (nSPS) is 23.8. The third-order valence-electron chi connectivity index (χ3n) is 4.91. The summed E-state index contributed by atoms with van der Waals surface area (Å²) in [5.41, 5.74) is 1.31. The van der Waals surface area contributed by atoms with Gasteiger partial charge in [-0.3, -0.25) is 4.79 Å². The Kier molecular flexibility index (Phi) is 4.48. The number of esters is 1. The van der Waals surface area contributed by atoms with Gasteiger partial charge in [0.15, 0.2) is 0 Å². The van der Waals surface area contributed by atoms with Gasteiger partial charge in [-0.1, -0.05) is 18.2 Å². The molecule has 1 amide bonds. The summed E-state index contributed by atoms with van der Waals surface area (Å²) in [6.07, 6.45) is 6.37. The zero-order chi connectivity index (χ0) is 17.4. The monoisotopic (exact) mass is 373 g/mol. The molecule has 2 aliphatic carbocycles. The lowest BCUT2D eigenvalue weighted by atomic mass is 9.93. The average Bonchev–Trinajstić information content (AvgIpc) is 3.37. The number of nitrogens with one attached hydrogen (secondary N) is 1. The highest BCUT2D eigenvalue weighted by Gasteiger charge is 2.40. The first-order chi connectivity index (χ1) is 12.2. The molecule has 2 aliphatic rings. The van der Waals surface area contributed by atoms with Crippen LogP contribution in [0.4, 0.5) is 5.00 Å². The van der Waals surface area contributed by atoms with Crippen molar-refractivity contribution in [2.24, 2.45) is 17.8 Å². The van der Waals surface area contributed by atoms with Crippen LogP contribution in [0.2, 0.25) is 0 Å². The lowest BCUT2D eigenvalue weighted by Crippen LogP contribution is -2.26. The van der Waals surface area contributed by atoms with Crippen LogP contribution in [0.5, 0.6) is 0 Å². The number of carbonyl (C=O) groups excluding carboxylic acids is 2. The second-order valence-electron chi connectivity index (χ2n) is 6.43. The number of rotatable bonds is 5. The molecule has 1 fully saturated rings. The Labute approximate surface area is 154 Å². The third kappa shape index (κ3) is 3.04. The molecule has 1 N–H and O–H groups in total. The largest absolute Gasteiger partial charge is 0.462 e. The molecule has 25 heavy (non-hydrogen) atoms. The highest BCUT2D eigenvalue weighted by molar-refractivity contribution is 7.17. The zero-order valence-electron chi connectivity index (χ0n) is 13.9. The van der Waals surface area contributed by atoms with Crippen molar-refractivity contribution in [3.63, 3.8) is 0 Å². The van der Waals surface area contributed by atoms with E-state index in [0.29, 0.717) is 29.0 Å². The van der Waals surface area contributed by atoms with Crippen LogP contribution < -0.4 is 5.32 Å². The van der Waals surface area contributed by atoms with Crippen LogP contribution in [0.1, 0.15) is 30.1 Å². The maximum Gasteiger partial charge on any atom is 0.341 e. The summed E-state index contributed by atoms with van der Waals surface area (Å²) in [7, 11) is 0. The minimum absolute atomic E-state index is 0.0114. The third-order valence-corrected chi connectivity index (χ3v) is 6.71. The SMILES string of the molecule is CCOC(=O)c1c(-c2cccs2)csc1NC(=O)[C@@H]1C[C@H]2C=C[C@H]1C2. The summed E-state index contributed by atoms with van der Waals surface area (Å²) in [6.45, 7) is 2.10. The first kappa shape index (κ1) is 16.5. The van der Waals surface area contributed by atoms with E-state index in [9.17, 15) is 9.59 Å². The van der Waals surface area contributed by atoms with Gasteiger partial charge in [0.2, 0.25) is 5.91 Å². The Morgan fingerprint density at radius 2 is 2.16 bits per heavy atom. The van der Waals surface area contributed by atoms with Crippen molar-refractivity contribution in [1.82, 2.24) is 0 Å². The molecule has 0 radical (unpaired) electrons.